The number of rotatable bonds is 5. The van der Waals surface area contributed by atoms with Gasteiger partial charge in [-0.1, -0.05) is 0 Å². The van der Waals surface area contributed by atoms with Crippen LogP contribution in [-0.2, 0) is 13.1 Å². The molecule has 0 amide bonds. The lowest BCUT2D eigenvalue weighted by atomic mass is 10.3. The zero-order valence-corrected chi connectivity index (χ0v) is 12.4. The van der Waals surface area contributed by atoms with E-state index in [1.54, 1.807) is 25.1 Å². The van der Waals surface area contributed by atoms with Crippen molar-refractivity contribution < 1.29 is 4.73 Å². The van der Waals surface area contributed by atoms with Gasteiger partial charge < -0.3 is 5.21 Å². The first-order valence-corrected chi connectivity index (χ1v) is 7.12. The summed E-state index contributed by atoms with van der Waals surface area (Å²) >= 11 is 5.62. The van der Waals surface area contributed by atoms with Gasteiger partial charge in [0.2, 0.25) is 5.69 Å². The minimum absolute atomic E-state index is 0.116. The predicted octanol–water partition coefficient (Wildman–Crippen LogP) is 0.629. The lowest BCUT2D eigenvalue weighted by Gasteiger charge is -2.11. The highest BCUT2D eigenvalue weighted by molar-refractivity contribution is 6.17. The molecular formula is C14H16ClN3O3. The van der Waals surface area contributed by atoms with E-state index in [9.17, 15) is 14.8 Å². The van der Waals surface area contributed by atoms with Gasteiger partial charge in [0.25, 0.3) is 5.56 Å². The third-order valence-corrected chi connectivity index (χ3v) is 3.43. The van der Waals surface area contributed by atoms with Crippen LogP contribution in [0, 0.1) is 12.1 Å². The Labute approximate surface area is 126 Å². The van der Waals surface area contributed by atoms with Crippen molar-refractivity contribution >= 4 is 11.6 Å². The van der Waals surface area contributed by atoms with Crippen LogP contribution in [0.2, 0.25) is 0 Å². The quantitative estimate of drug-likeness (QED) is 0.462. The van der Waals surface area contributed by atoms with Crippen molar-refractivity contribution in [2.45, 2.75) is 26.4 Å². The van der Waals surface area contributed by atoms with Crippen LogP contribution in [0.5, 0.6) is 0 Å². The minimum atomic E-state index is -0.431. The zero-order valence-electron chi connectivity index (χ0n) is 11.7. The molecular weight excluding hydrogens is 294 g/mol. The van der Waals surface area contributed by atoms with E-state index in [0.29, 0.717) is 28.3 Å². The van der Waals surface area contributed by atoms with E-state index in [2.05, 4.69) is 0 Å². The summed E-state index contributed by atoms with van der Waals surface area (Å²) in [6, 6.07) is 4.99. The van der Waals surface area contributed by atoms with E-state index < -0.39 is 5.69 Å². The maximum Gasteiger partial charge on any atom is 0.331 e. The van der Waals surface area contributed by atoms with Crippen molar-refractivity contribution in [3.05, 3.63) is 67.9 Å². The molecule has 6 nitrogen and oxygen atoms in total. The highest BCUT2D eigenvalue weighted by atomic mass is 35.5. The number of aryl methyl sites for hydroxylation is 1. The summed E-state index contributed by atoms with van der Waals surface area (Å²) in [4.78, 5) is 24.3. The second-order valence-corrected chi connectivity index (χ2v) is 5.12. The average molecular weight is 310 g/mol. The normalized spacial score (nSPS) is 10.8. The molecule has 0 aliphatic heterocycles. The lowest BCUT2D eigenvalue weighted by Crippen LogP contribution is -2.42. The fraction of sp³-hybridized carbons (Fsp3) is 0.357. The molecule has 2 rings (SSSR count). The molecule has 0 radical (unpaired) electrons. The lowest BCUT2D eigenvalue weighted by molar-refractivity contribution is -0.614. The third-order valence-electron chi connectivity index (χ3n) is 3.16. The van der Waals surface area contributed by atoms with Crippen molar-refractivity contribution in [2.75, 3.05) is 5.88 Å². The predicted molar refractivity (Wildman–Crippen MR) is 79.5 cm³/mol. The van der Waals surface area contributed by atoms with Gasteiger partial charge in [0.1, 0.15) is 6.54 Å². The van der Waals surface area contributed by atoms with Crippen molar-refractivity contribution in [3.8, 4) is 0 Å². The molecule has 0 unspecified atom stereocenters. The fourth-order valence-electron chi connectivity index (χ4n) is 2.09. The largest absolute Gasteiger partial charge is 0.618 e. The van der Waals surface area contributed by atoms with Gasteiger partial charge in [-0.3, -0.25) is 13.9 Å². The molecule has 112 valence electrons. The second-order valence-electron chi connectivity index (χ2n) is 4.74. The minimum Gasteiger partial charge on any atom is -0.618 e. The van der Waals surface area contributed by atoms with Crippen LogP contribution in [0.15, 0.2) is 40.2 Å². The first-order chi connectivity index (χ1) is 10.0. The molecule has 0 bridgehead atoms. The van der Waals surface area contributed by atoms with Gasteiger partial charge in [0.15, 0.2) is 6.20 Å². The Balaban J connectivity index is 2.45. The van der Waals surface area contributed by atoms with E-state index in [1.165, 1.54) is 17.0 Å². The number of aromatic nitrogens is 3. The van der Waals surface area contributed by atoms with Crippen LogP contribution in [0.25, 0.3) is 0 Å². The van der Waals surface area contributed by atoms with E-state index in [1.807, 2.05) is 0 Å². The monoisotopic (exact) mass is 309 g/mol. The van der Waals surface area contributed by atoms with Crippen LogP contribution >= 0.6 is 11.6 Å². The summed E-state index contributed by atoms with van der Waals surface area (Å²) in [5, 5.41) is 11.7. The molecule has 2 aromatic rings. The first kappa shape index (κ1) is 15.3. The molecule has 0 aliphatic carbocycles. The number of halogens is 1. The van der Waals surface area contributed by atoms with Crippen LogP contribution in [0.1, 0.15) is 17.7 Å². The highest BCUT2D eigenvalue weighted by Crippen LogP contribution is 1.96. The standard InChI is InChI=1S/C14H16ClN3O3/c1-11-9-16(10-12-5-2-3-8-18(12)21)14(20)17(13(11)19)7-4-6-15/h2-3,5,8-9H,4,6-7,10H2,1H3. The molecule has 0 fully saturated rings. The Morgan fingerprint density at radius 1 is 1.33 bits per heavy atom. The topological polar surface area (TPSA) is 70.9 Å². The smallest absolute Gasteiger partial charge is 0.331 e. The molecule has 0 saturated carbocycles. The third kappa shape index (κ3) is 3.33. The summed E-state index contributed by atoms with van der Waals surface area (Å²) in [5.74, 6) is 0.374. The van der Waals surface area contributed by atoms with Gasteiger partial charge >= 0.3 is 5.69 Å². The highest BCUT2D eigenvalue weighted by Gasteiger charge is 2.12. The van der Waals surface area contributed by atoms with Gasteiger partial charge in [-0.15, -0.1) is 11.6 Å². The number of alkyl halides is 1. The molecule has 2 aromatic heterocycles. The second kappa shape index (κ2) is 6.58. The number of pyridine rings is 1. The molecule has 0 saturated heterocycles. The summed E-state index contributed by atoms with van der Waals surface area (Å²) in [7, 11) is 0. The number of hydrogen-bond donors (Lipinski definition) is 0. The van der Waals surface area contributed by atoms with E-state index in [0.717, 1.165) is 4.57 Å². The van der Waals surface area contributed by atoms with Gasteiger partial charge in [-0.2, -0.15) is 4.73 Å². The Kier molecular flexibility index (Phi) is 4.80. The van der Waals surface area contributed by atoms with E-state index in [4.69, 9.17) is 11.6 Å². The summed E-state index contributed by atoms with van der Waals surface area (Å²) in [5.41, 5.74) is 0.142. The Morgan fingerprint density at radius 3 is 2.76 bits per heavy atom. The Morgan fingerprint density at radius 2 is 2.10 bits per heavy atom. The number of nitrogens with zero attached hydrogens (tertiary/aromatic N) is 3. The molecule has 21 heavy (non-hydrogen) atoms. The van der Waals surface area contributed by atoms with Crippen LogP contribution < -0.4 is 16.0 Å². The van der Waals surface area contributed by atoms with Crippen LogP contribution in [0.4, 0.5) is 0 Å². The van der Waals surface area contributed by atoms with Crippen molar-refractivity contribution in [1.82, 2.24) is 9.13 Å². The van der Waals surface area contributed by atoms with Crippen molar-refractivity contribution in [1.29, 1.82) is 0 Å². The van der Waals surface area contributed by atoms with Gasteiger partial charge in [-0.25, -0.2) is 4.79 Å². The van der Waals surface area contributed by atoms with Gasteiger partial charge in [0, 0.05) is 36.3 Å². The molecule has 2 heterocycles. The summed E-state index contributed by atoms with van der Waals surface area (Å²) in [6.07, 6.45) is 3.39. The van der Waals surface area contributed by atoms with Gasteiger partial charge in [-0.05, 0) is 19.4 Å². The maximum absolute atomic E-state index is 12.3. The van der Waals surface area contributed by atoms with Gasteiger partial charge in [0.05, 0.1) is 0 Å². The molecule has 0 aliphatic rings. The summed E-state index contributed by atoms with van der Waals surface area (Å²) in [6.45, 7) is 2.03. The SMILES string of the molecule is Cc1cn(Cc2cccc[n+]2[O-])c(=O)n(CCCCl)c1=O. The summed E-state index contributed by atoms with van der Waals surface area (Å²) < 4.78 is 3.24. The van der Waals surface area contributed by atoms with E-state index >= 15 is 0 Å². The van der Waals surface area contributed by atoms with Crippen LogP contribution in [0.3, 0.4) is 0 Å². The molecule has 0 aromatic carbocycles. The fourth-order valence-corrected chi connectivity index (χ4v) is 2.21. The van der Waals surface area contributed by atoms with Crippen molar-refractivity contribution in [3.63, 3.8) is 0 Å². The molecule has 0 spiro atoms. The van der Waals surface area contributed by atoms with E-state index in [-0.39, 0.29) is 18.6 Å². The average Bonchev–Trinajstić information content (AvgIpc) is 2.47. The zero-order chi connectivity index (χ0) is 15.4. The van der Waals surface area contributed by atoms with Crippen LogP contribution in [-0.4, -0.2) is 15.0 Å². The Hall–Kier alpha value is -2.08. The maximum atomic E-state index is 12.3. The first-order valence-electron chi connectivity index (χ1n) is 6.58. The van der Waals surface area contributed by atoms with Crippen molar-refractivity contribution in [2.24, 2.45) is 0 Å². The molecule has 7 heteroatoms. The number of hydrogen-bond acceptors (Lipinski definition) is 3. The molecule has 0 N–H and O–H groups in total. The molecule has 0 atom stereocenters. The Bertz CT molecular complexity index is 752.